The molecule has 2 fully saturated rings. The number of hydrogen-bond acceptors (Lipinski definition) is 9. The molecule has 1 saturated carbocycles. The number of methoxy groups -OCH3 is 1. The first kappa shape index (κ1) is 29.6. The van der Waals surface area contributed by atoms with Crippen LogP contribution in [0.25, 0.3) is 22.4 Å². The Hall–Kier alpha value is -2.87. The number of piperazine rings is 1. The van der Waals surface area contributed by atoms with Crippen LogP contribution in [0.5, 0.6) is 5.88 Å². The second-order valence-electron chi connectivity index (χ2n) is 11.0. The summed E-state index contributed by atoms with van der Waals surface area (Å²) in [5, 5.41) is 4.68. The SMILES string of the molecule is CCc1c2nc(-c3cc(S(=O)(=O)N4CCN(C)CC4)cnc3OCCOC)n(C)c(=O)c2nn1CCCC1CCC1. The van der Waals surface area contributed by atoms with Crippen LogP contribution >= 0.6 is 0 Å². The van der Waals surface area contributed by atoms with E-state index in [1.807, 2.05) is 18.7 Å². The second-order valence-corrected chi connectivity index (χ2v) is 13.0. The second kappa shape index (κ2) is 12.6. The van der Waals surface area contributed by atoms with E-state index in [1.54, 1.807) is 14.2 Å². The molecule has 0 bridgehead atoms. The lowest BCUT2D eigenvalue weighted by Gasteiger charge is -2.31. The molecular weight excluding hydrogens is 546 g/mol. The average molecular weight is 588 g/mol. The van der Waals surface area contributed by atoms with Crippen molar-refractivity contribution in [3.8, 4) is 17.3 Å². The Balaban J connectivity index is 1.57. The van der Waals surface area contributed by atoms with Gasteiger partial charge in [-0.2, -0.15) is 9.40 Å². The van der Waals surface area contributed by atoms with Crippen LogP contribution in [0.1, 0.15) is 44.7 Å². The van der Waals surface area contributed by atoms with E-state index in [0.717, 1.165) is 24.6 Å². The standard InChI is InChI=1S/C28H41N7O5S/c1-5-23-24-25(31-35(23)11-7-10-20-8-6-9-20)28(36)33(3)26(30-24)22-18-21(19-29-27(22)40-17-16-39-4)41(37,38)34-14-12-32(2)13-15-34/h18-20H,5-17H2,1-4H3. The number of rotatable bonds is 12. The zero-order valence-corrected chi connectivity index (χ0v) is 25.3. The van der Waals surface area contributed by atoms with E-state index in [-0.39, 0.29) is 28.8 Å². The van der Waals surface area contributed by atoms with Gasteiger partial charge in [-0.3, -0.25) is 14.0 Å². The van der Waals surface area contributed by atoms with Crippen LogP contribution in [-0.4, -0.2) is 95.5 Å². The molecule has 3 aromatic heterocycles. The summed E-state index contributed by atoms with van der Waals surface area (Å²) in [5.41, 5.74) is 1.77. The van der Waals surface area contributed by atoms with Crippen LogP contribution < -0.4 is 10.3 Å². The highest BCUT2D eigenvalue weighted by Crippen LogP contribution is 2.32. The maximum Gasteiger partial charge on any atom is 0.281 e. The Morgan fingerprint density at radius 3 is 2.49 bits per heavy atom. The highest BCUT2D eigenvalue weighted by Gasteiger charge is 2.30. The van der Waals surface area contributed by atoms with E-state index in [4.69, 9.17) is 14.5 Å². The lowest BCUT2D eigenvalue weighted by molar-refractivity contribution is 0.144. The first-order valence-corrected chi connectivity index (χ1v) is 16.0. The van der Waals surface area contributed by atoms with Crippen molar-refractivity contribution < 1.29 is 17.9 Å². The van der Waals surface area contributed by atoms with E-state index in [9.17, 15) is 13.2 Å². The van der Waals surface area contributed by atoms with Crippen LogP contribution in [0.2, 0.25) is 0 Å². The van der Waals surface area contributed by atoms with Gasteiger partial charge in [-0.15, -0.1) is 0 Å². The predicted octanol–water partition coefficient (Wildman–Crippen LogP) is 2.30. The molecule has 13 heteroatoms. The van der Waals surface area contributed by atoms with Gasteiger partial charge in [-0.25, -0.2) is 18.4 Å². The molecule has 0 radical (unpaired) electrons. The summed E-state index contributed by atoms with van der Waals surface area (Å²) in [6, 6.07) is 1.52. The van der Waals surface area contributed by atoms with Gasteiger partial charge in [0.1, 0.15) is 22.8 Å². The molecule has 12 nitrogen and oxygen atoms in total. The minimum atomic E-state index is -3.81. The molecule has 0 unspecified atom stereocenters. The number of likely N-dealkylation sites (N-methyl/N-ethyl adjacent to an activating group) is 1. The lowest BCUT2D eigenvalue weighted by Crippen LogP contribution is -2.47. The van der Waals surface area contributed by atoms with Crippen molar-refractivity contribution in [2.24, 2.45) is 13.0 Å². The maximum absolute atomic E-state index is 13.6. The van der Waals surface area contributed by atoms with Crippen molar-refractivity contribution in [1.82, 2.24) is 33.5 Å². The Morgan fingerprint density at radius 1 is 1.07 bits per heavy atom. The molecule has 4 heterocycles. The molecule has 0 N–H and O–H groups in total. The topological polar surface area (TPSA) is 125 Å². The molecule has 224 valence electrons. The van der Waals surface area contributed by atoms with E-state index >= 15 is 0 Å². The minimum absolute atomic E-state index is 0.0351. The molecule has 41 heavy (non-hydrogen) atoms. The molecule has 3 aromatic rings. The van der Waals surface area contributed by atoms with Crippen LogP contribution in [0, 0.1) is 5.92 Å². The summed E-state index contributed by atoms with van der Waals surface area (Å²) in [6.45, 7) is 5.37. The molecule has 0 amide bonds. The van der Waals surface area contributed by atoms with E-state index < -0.39 is 10.0 Å². The van der Waals surface area contributed by atoms with Crippen LogP contribution in [-0.2, 0) is 34.8 Å². The highest BCUT2D eigenvalue weighted by molar-refractivity contribution is 7.89. The Bertz CT molecular complexity index is 1540. The minimum Gasteiger partial charge on any atom is -0.475 e. The van der Waals surface area contributed by atoms with Gasteiger partial charge >= 0.3 is 0 Å². The molecule has 0 spiro atoms. The molecule has 1 saturated heterocycles. The smallest absolute Gasteiger partial charge is 0.281 e. The van der Waals surface area contributed by atoms with Crippen LogP contribution in [0.4, 0.5) is 0 Å². The van der Waals surface area contributed by atoms with E-state index in [0.29, 0.717) is 55.8 Å². The highest BCUT2D eigenvalue weighted by atomic mass is 32.2. The molecule has 1 aliphatic heterocycles. The van der Waals surface area contributed by atoms with Crippen molar-refractivity contribution in [3.63, 3.8) is 0 Å². The zero-order chi connectivity index (χ0) is 29.1. The van der Waals surface area contributed by atoms with Crippen LogP contribution in [0.3, 0.4) is 0 Å². The van der Waals surface area contributed by atoms with Gasteiger partial charge in [0.25, 0.3) is 5.56 Å². The van der Waals surface area contributed by atoms with Crippen molar-refractivity contribution in [3.05, 3.63) is 28.3 Å². The molecule has 1 aliphatic carbocycles. The van der Waals surface area contributed by atoms with Crippen molar-refractivity contribution in [2.45, 2.75) is 56.9 Å². The van der Waals surface area contributed by atoms with Crippen molar-refractivity contribution >= 4 is 21.1 Å². The predicted molar refractivity (Wildman–Crippen MR) is 156 cm³/mol. The number of aromatic nitrogens is 5. The number of hydrogen-bond donors (Lipinski definition) is 0. The maximum atomic E-state index is 13.6. The monoisotopic (exact) mass is 587 g/mol. The summed E-state index contributed by atoms with van der Waals surface area (Å²) < 4.78 is 43.0. The Kier molecular flexibility index (Phi) is 9.07. The first-order valence-electron chi connectivity index (χ1n) is 14.5. The third-order valence-electron chi connectivity index (χ3n) is 8.31. The zero-order valence-electron chi connectivity index (χ0n) is 24.5. The van der Waals surface area contributed by atoms with E-state index in [2.05, 4.69) is 15.0 Å². The normalized spacial score (nSPS) is 17.3. The van der Waals surface area contributed by atoms with E-state index in [1.165, 1.54) is 46.8 Å². The fourth-order valence-corrected chi connectivity index (χ4v) is 6.92. The molecular formula is C28H41N7O5S. The number of fused-ring (bicyclic) bond motifs is 1. The van der Waals surface area contributed by atoms with Gasteiger partial charge in [0, 0.05) is 46.9 Å². The number of nitrogens with zero attached hydrogens (tertiary/aromatic N) is 7. The summed E-state index contributed by atoms with van der Waals surface area (Å²) in [7, 11) is 1.34. The number of pyridine rings is 1. The summed E-state index contributed by atoms with van der Waals surface area (Å²) in [6.07, 6.45) is 8.08. The molecule has 0 atom stereocenters. The average Bonchev–Trinajstić information content (AvgIpc) is 3.30. The fourth-order valence-electron chi connectivity index (χ4n) is 5.52. The number of sulfonamides is 1. The third-order valence-corrected chi connectivity index (χ3v) is 10.2. The van der Waals surface area contributed by atoms with Gasteiger partial charge < -0.3 is 14.4 Å². The van der Waals surface area contributed by atoms with Gasteiger partial charge in [-0.1, -0.05) is 26.2 Å². The molecule has 2 aliphatic rings. The summed E-state index contributed by atoms with van der Waals surface area (Å²) >= 11 is 0. The fraction of sp³-hybridized carbons (Fsp3) is 0.643. The first-order chi connectivity index (χ1) is 19.7. The summed E-state index contributed by atoms with van der Waals surface area (Å²) in [4.78, 5) is 25.1. The Labute approximate surface area is 241 Å². The number of aryl methyl sites for hydroxylation is 2. The third kappa shape index (κ3) is 6.04. The largest absolute Gasteiger partial charge is 0.475 e. The van der Waals surface area contributed by atoms with Gasteiger partial charge in [0.2, 0.25) is 15.9 Å². The van der Waals surface area contributed by atoms with Crippen molar-refractivity contribution in [2.75, 3.05) is 53.6 Å². The molecule has 0 aromatic carbocycles. The van der Waals surface area contributed by atoms with Gasteiger partial charge in [0.15, 0.2) is 5.52 Å². The Morgan fingerprint density at radius 2 is 1.83 bits per heavy atom. The quantitative estimate of drug-likeness (QED) is 0.294. The number of ether oxygens (including phenoxy) is 2. The van der Waals surface area contributed by atoms with Gasteiger partial charge in [0.05, 0.1) is 24.1 Å². The van der Waals surface area contributed by atoms with Crippen LogP contribution in [0.15, 0.2) is 22.0 Å². The summed E-state index contributed by atoms with van der Waals surface area (Å²) in [5.74, 6) is 1.27. The lowest BCUT2D eigenvalue weighted by atomic mass is 9.82. The molecule has 5 rings (SSSR count). The van der Waals surface area contributed by atoms with Gasteiger partial charge in [-0.05, 0) is 38.3 Å². The van der Waals surface area contributed by atoms with Crippen molar-refractivity contribution in [1.29, 1.82) is 0 Å².